The molecule has 0 aromatic rings. The number of hydrogen-bond donors (Lipinski definition) is 0. The molecule has 0 amide bonds. The molecule has 2 aliphatic carbocycles. The van der Waals surface area contributed by atoms with Crippen molar-refractivity contribution in [2.75, 3.05) is 0 Å². The maximum atomic E-state index is 12.3. The van der Waals surface area contributed by atoms with Crippen LogP contribution in [0.15, 0.2) is 23.3 Å². The van der Waals surface area contributed by atoms with Gasteiger partial charge in [0.05, 0.1) is 0 Å². The molecule has 0 aliphatic heterocycles. The fourth-order valence-corrected chi connectivity index (χ4v) is 4.55. The monoisotopic (exact) mass is 358 g/mol. The minimum Gasteiger partial charge on any atom is -0.295 e. The highest BCUT2D eigenvalue weighted by molar-refractivity contribution is 6.07. The lowest BCUT2D eigenvalue weighted by molar-refractivity contribution is -0.129. The van der Waals surface area contributed by atoms with E-state index in [2.05, 4.69) is 13.8 Å². The number of fused-ring (bicyclic) bond motifs is 1. The average molecular weight is 359 g/mol. The van der Waals surface area contributed by atoms with Crippen molar-refractivity contribution in [2.24, 2.45) is 11.8 Å². The third-order valence-corrected chi connectivity index (χ3v) is 6.23. The standard InChI is InChI=1S/C24H38O2/c1-3-5-7-9-11-13-19-17-21-22(24(26)16-15-23(21)25)18-20(19)14-12-10-8-6-4-2/h15-16,21-22H,3-14,17-18H2,1-2H3. The molecule has 0 saturated carbocycles. The van der Waals surface area contributed by atoms with Crippen LogP contribution in [0.1, 0.15) is 104 Å². The number of carbonyl (C=O) groups excluding carboxylic acids is 2. The van der Waals surface area contributed by atoms with Crippen molar-refractivity contribution in [1.82, 2.24) is 0 Å². The molecule has 2 atom stereocenters. The SMILES string of the molecule is CCCCCCCC1=C(CCCCCCC)CC2C(=O)C=CC(=O)C2C1. The topological polar surface area (TPSA) is 34.1 Å². The average Bonchev–Trinajstić information content (AvgIpc) is 2.65. The maximum Gasteiger partial charge on any atom is 0.159 e. The summed E-state index contributed by atoms with van der Waals surface area (Å²) in [5, 5.41) is 0. The van der Waals surface area contributed by atoms with Gasteiger partial charge < -0.3 is 0 Å². The smallest absolute Gasteiger partial charge is 0.159 e. The lowest BCUT2D eigenvalue weighted by Crippen LogP contribution is -2.35. The Morgan fingerprint density at radius 1 is 0.654 bits per heavy atom. The van der Waals surface area contributed by atoms with Crippen LogP contribution in [0.2, 0.25) is 0 Å². The normalized spacial score (nSPS) is 22.8. The number of hydrogen-bond acceptors (Lipinski definition) is 2. The van der Waals surface area contributed by atoms with Gasteiger partial charge in [0.1, 0.15) is 0 Å². The molecule has 0 spiro atoms. The first-order valence-electron chi connectivity index (χ1n) is 11.1. The third-order valence-electron chi connectivity index (χ3n) is 6.23. The summed E-state index contributed by atoms with van der Waals surface area (Å²) in [6, 6.07) is 0. The van der Waals surface area contributed by atoms with Crippen molar-refractivity contribution in [3.8, 4) is 0 Å². The van der Waals surface area contributed by atoms with Gasteiger partial charge in [0.25, 0.3) is 0 Å². The molecule has 0 radical (unpaired) electrons. The van der Waals surface area contributed by atoms with E-state index in [0.717, 1.165) is 25.7 Å². The zero-order valence-electron chi connectivity index (χ0n) is 17.0. The van der Waals surface area contributed by atoms with Gasteiger partial charge in [-0.3, -0.25) is 9.59 Å². The predicted molar refractivity (Wildman–Crippen MR) is 109 cm³/mol. The van der Waals surface area contributed by atoms with E-state index < -0.39 is 0 Å². The molecular weight excluding hydrogens is 320 g/mol. The molecule has 146 valence electrons. The Kier molecular flexibility index (Phi) is 9.36. The van der Waals surface area contributed by atoms with E-state index in [-0.39, 0.29) is 23.4 Å². The fourth-order valence-electron chi connectivity index (χ4n) is 4.55. The first-order valence-corrected chi connectivity index (χ1v) is 11.1. The molecule has 0 aromatic carbocycles. The lowest BCUT2D eigenvalue weighted by atomic mass is 9.68. The number of allylic oxidation sites excluding steroid dienone is 4. The zero-order chi connectivity index (χ0) is 18.8. The first kappa shape index (κ1) is 21.1. The van der Waals surface area contributed by atoms with E-state index in [4.69, 9.17) is 0 Å². The Labute approximate surface area is 160 Å². The van der Waals surface area contributed by atoms with Gasteiger partial charge in [-0.1, -0.05) is 76.4 Å². The number of ketones is 2. The molecular formula is C24H38O2. The minimum atomic E-state index is -0.0676. The molecule has 0 saturated heterocycles. The summed E-state index contributed by atoms with van der Waals surface area (Å²) in [5.41, 5.74) is 3.05. The molecule has 2 nitrogen and oxygen atoms in total. The van der Waals surface area contributed by atoms with Crippen LogP contribution in [0.25, 0.3) is 0 Å². The minimum absolute atomic E-state index is 0.0676. The quantitative estimate of drug-likeness (QED) is 0.286. The summed E-state index contributed by atoms with van der Waals surface area (Å²) >= 11 is 0. The summed E-state index contributed by atoms with van der Waals surface area (Å²) in [7, 11) is 0. The van der Waals surface area contributed by atoms with Crippen molar-refractivity contribution < 1.29 is 9.59 Å². The summed E-state index contributed by atoms with van der Waals surface area (Å²) in [4.78, 5) is 24.6. The van der Waals surface area contributed by atoms with Crippen LogP contribution in [0.4, 0.5) is 0 Å². The second kappa shape index (κ2) is 11.5. The Bertz CT molecular complexity index is 480. The van der Waals surface area contributed by atoms with Gasteiger partial charge in [0, 0.05) is 11.8 Å². The van der Waals surface area contributed by atoms with E-state index in [1.807, 2.05) is 0 Å². The second-order valence-electron chi connectivity index (χ2n) is 8.29. The van der Waals surface area contributed by atoms with E-state index >= 15 is 0 Å². The first-order chi connectivity index (χ1) is 12.7. The van der Waals surface area contributed by atoms with Gasteiger partial charge in [-0.2, -0.15) is 0 Å². The molecule has 2 rings (SSSR count). The van der Waals surface area contributed by atoms with Crippen LogP contribution < -0.4 is 0 Å². The molecule has 0 aromatic heterocycles. The van der Waals surface area contributed by atoms with Crippen LogP contribution in [-0.4, -0.2) is 11.6 Å². The van der Waals surface area contributed by atoms with E-state index in [1.54, 1.807) is 0 Å². The predicted octanol–water partition coefficient (Wildman–Crippen LogP) is 6.74. The van der Waals surface area contributed by atoms with Crippen molar-refractivity contribution in [3.05, 3.63) is 23.3 Å². The van der Waals surface area contributed by atoms with Gasteiger partial charge in [-0.05, 0) is 50.7 Å². The summed E-state index contributed by atoms with van der Waals surface area (Å²) in [6.07, 6.45) is 19.9. The molecule has 0 N–H and O–H groups in total. The fraction of sp³-hybridized carbons (Fsp3) is 0.750. The largest absolute Gasteiger partial charge is 0.295 e. The van der Waals surface area contributed by atoms with Crippen LogP contribution in [-0.2, 0) is 9.59 Å². The highest BCUT2D eigenvalue weighted by atomic mass is 16.1. The van der Waals surface area contributed by atoms with E-state index in [1.165, 1.54) is 87.5 Å². The van der Waals surface area contributed by atoms with E-state index in [0.29, 0.717) is 0 Å². The van der Waals surface area contributed by atoms with Gasteiger partial charge in [0.2, 0.25) is 0 Å². The molecule has 2 heteroatoms. The van der Waals surface area contributed by atoms with Crippen LogP contribution in [0.3, 0.4) is 0 Å². The molecule has 26 heavy (non-hydrogen) atoms. The highest BCUT2D eigenvalue weighted by Gasteiger charge is 2.38. The van der Waals surface area contributed by atoms with Crippen molar-refractivity contribution in [1.29, 1.82) is 0 Å². The third kappa shape index (κ3) is 6.21. The molecule has 2 aliphatic rings. The Hall–Kier alpha value is -1.18. The van der Waals surface area contributed by atoms with Crippen LogP contribution in [0.5, 0.6) is 0 Å². The van der Waals surface area contributed by atoms with Gasteiger partial charge in [0.15, 0.2) is 11.6 Å². The molecule has 0 bridgehead atoms. The number of unbranched alkanes of at least 4 members (excludes halogenated alkanes) is 8. The van der Waals surface area contributed by atoms with Crippen molar-refractivity contribution in [3.63, 3.8) is 0 Å². The second-order valence-corrected chi connectivity index (χ2v) is 8.29. The van der Waals surface area contributed by atoms with Crippen molar-refractivity contribution in [2.45, 2.75) is 104 Å². The van der Waals surface area contributed by atoms with Gasteiger partial charge >= 0.3 is 0 Å². The Balaban J connectivity index is 1.97. The van der Waals surface area contributed by atoms with Gasteiger partial charge in [-0.15, -0.1) is 0 Å². The van der Waals surface area contributed by atoms with E-state index in [9.17, 15) is 9.59 Å². The molecule has 0 fully saturated rings. The molecule has 2 unspecified atom stereocenters. The Morgan fingerprint density at radius 2 is 1.04 bits per heavy atom. The summed E-state index contributed by atoms with van der Waals surface area (Å²) in [6.45, 7) is 4.50. The van der Waals surface area contributed by atoms with Crippen molar-refractivity contribution >= 4 is 11.6 Å². The maximum absolute atomic E-state index is 12.3. The number of carbonyl (C=O) groups is 2. The lowest BCUT2D eigenvalue weighted by Gasteiger charge is -2.34. The Morgan fingerprint density at radius 3 is 1.42 bits per heavy atom. The van der Waals surface area contributed by atoms with Crippen LogP contribution in [0, 0.1) is 11.8 Å². The van der Waals surface area contributed by atoms with Gasteiger partial charge in [-0.25, -0.2) is 0 Å². The molecule has 0 heterocycles. The summed E-state index contributed by atoms with van der Waals surface area (Å²) < 4.78 is 0. The summed E-state index contributed by atoms with van der Waals surface area (Å²) in [5.74, 6) is 0.226. The zero-order valence-corrected chi connectivity index (χ0v) is 17.0. The van der Waals surface area contributed by atoms with Crippen LogP contribution >= 0.6 is 0 Å². The highest BCUT2D eigenvalue weighted by Crippen LogP contribution is 2.41. The number of rotatable bonds is 12.